The number of halogens is 2. The minimum absolute atomic E-state index is 0.00758. The molecule has 0 bridgehead atoms. The van der Waals surface area contributed by atoms with E-state index in [9.17, 15) is 8.42 Å². The molecule has 0 radical (unpaired) electrons. The van der Waals surface area contributed by atoms with E-state index < -0.39 is 15.6 Å². The van der Waals surface area contributed by atoms with E-state index in [-0.39, 0.29) is 9.92 Å². The molecule has 0 spiro atoms. The summed E-state index contributed by atoms with van der Waals surface area (Å²) in [5.74, 6) is 0. The van der Waals surface area contributed by atoms with Gasteiger partial charge in [-0.2, -0.15) is 0 Å². The number of sulfonamides is 1. The molecule has 96 valence electrons. The smallest absolute Gasteiger partial charge is 0.207 e. The topological polar surface area (TPSA) is 46.2 Å². The summed E-state index contributed by atoms with van der Waals surface area (Å²) in [6.45, 7) is 5.52. The molecule has 0 amide bonds. The zero-order chi connectivity index (χ0) is 13.3. The lowest BCUT2D eigenvalue weighted by Gasteiger charge is -2.24. The number of benzene rings is 1. The SMILES string of the molecule is CCC(C)(C)NS(=O)(=O)c1cc(Cl)ccc1Cl. The van der Waals surface area contributed by atoms with Crippen LogP contribution in [-0.4, -0.2) is 14.0 Å². The lowest BCUT2D eigenvalue weighted by atomic mass is 10.0. The number of rotatable bonds is 4. The normalized spacial score (nSPS) is 12.8. The minimum Gasteiger partial charge on any atom is -0.207 e. The maximum Gasteiger partial charge on any atom is 0.242 e. The summed E-state index contributed by atoms with van der Waals surface area (Å²) in [6.07, 6.45) is 0.671. The standard InChI is InChI=1S/C11H15Cl2NO2S/c1-4-11(2,3)14-17(15,16)10-7-8(12)5-6-9(10)13/h5-7,14H,4H2,1-3H3. The van der Waals surface area contributed by atoms with Gasteiger partial charge in [-0.15, -0.1) is 0 Å². The summed E-state index contributed by atoms with van der Waals surface area (Å²) in [6, 6.07) is 4.36. The molecule has 1 aromatic rings. The minimum atomic E-state index is -3.65. The van der Waals surface area contributed by atoms with Gasteiger partial charge >= 0.3 is 0 Å². The summed E-state index contributed by atoms with van der Waals surface area (Å²) < 4.78 is 26.8. The molecule has 3 nitrogen and oxygen atoms in total. The first-order chi connectivity index (χ1) is 7.68. The van der Waals surface area contributed by atoms with Crippen LogP contribution in [0.3, 0.4) is 0 Å². The first kappa shape index (κ1) is 14.8. The van der Waals surface area contributed by atoms with Crippen LogP contribution >= 0.6 is 23.2 Å². The van der Waals surface area contributed by atoms with Crippen molar-refractivity contribution in [2.24, 2.45) is 0 Å². The molecular weight excluding hydrogens is 281 g/mol. The quantitative estimate of drug-likeness (QED) is 0.925. The third-order valence-corrected chi connectivity index (χ3v) is 4.89. The summed E-state index contributed by atoms with van der Waals surface area (Å²) in [5, 5.41) is 0.498. The highest BCUT2D eigenvalue weighted by atomic mass is 35.5. The highest BCUT2D eigenvalue weighted by molar-refractivity contribution is 7.89. The molecule has 0 heterocycles. The maximum absolute atomic E-state index is 12.1. The van der Waals surface area contributed by atoms with E-state index in [0.29, 0.717) is 11.4 Å². The fraction of sp³-hybridized carbons (Fsp3) is 0.455. The number of nitrogens with one attached hydrogen (secondary N) is 1. The van der Waals surface area contributed by atoms with Crippen LogP contribution in [-0.2, 0) is 10.0 Å². The van der Waals surface area contributed by atoms with Gasteiger partial charge in [-0.05, 0) is 38.5 Å². The predicted molar refractivity (Wildman–Crippen MR) is 71.2 cm³/mol. The van der Waals surface area contributed by atoms with Crippen LogP contribution in [0.5, 0.6) is 0 Å². The van der Waals surface area contributed by atoms with Crippen molar-refractivity contribution >= 4 is 33.2 Å². The second-order valence-corrected chi connectivity index (χ2v) is 6.91. The van der Waals surface area contributed by atoms with Crippen molar-refractivity contribution in [3.8, 4) is 0 Å². The molecule has 1 aromatic carbocycles. The average Bonchev–Trinajstić information content (AvgIpc) is 2.20. The fourth-order valence-electron chi connectivity index (χ4n) is 1.17. The molecule has 17 heavy (non-hydrogen) atoms. The molecular formula is C11H15Cl2NO2S. The van der Waals surface area contributed by atoms with Crippen LogP contribution in [0.25, 0.3) is 0 Å². The molecule has 0 aliphatic rings. The van der Waals surface area contributed by atoms with E-state index in [1.54, 1.807) is 6.07 Å². The lowest BCUT2D eigenvalue weighted by Crippen LogP contribution is -2.42. The van der Waals surface area contributed by atoms with Crippen molar-refractivity contribution in [1.29, 1.82) is 0 Å². The molecule has 0 aliphatic carbocycles. The Morgan fingerprint density at radius 1 is 1.29 bits per heavy atom. The lowest BCUT2D eigenvalue weighted by molar-refractivity contribution is 0.439. The third-order valence-electron chi connectivity index (χ3n) is 2.48. The van der Waals surface area contributed by atoms with E-state index in [1.807, 2.05) is 20.8 Å². The summed E-state index contributed by atoms with van der Waals surface area (Å²) >= 11 is 11.7. The van der Waals surface area contributed by atoms with Crippen LogP contribution < -0.4 is 4.72 Å². The van der Waals surface area contributed by atoms with Crippen molar-refractivity contribution < 1.29 is 8.42 Å². The van der Waals surface area contributed by atoms with Gasteiger partial charge in [-0.3, -0.25) is 0 Å². The number of hydrogen-bond donors (Lipinski definition) is 1. The van der Waals surface area contributed by atoms with Crippen LogP contribution in [0.1, 0.15) is 27.2 Å². The summed E-state index contributed by atoms with van der Waals surface area (Å²) in [4.78, 5) is 0.00758. The fourth-order valence-corrected chi connectivity index (χ4v) is 3.42. The van der Waals surface area contributed by atoms with Gasteiger partial charge in [-0.1, -0.05) is 30.1 Å². The Balaban J connectivity index is 3.18. The highest BCUT2D eigenvalue weighted by Gasteiger charge is 2.26. The Bertz CT molecular complexity index is 512. The van der Waals surface area contributed by atoms with Crippen LogP contribution in [0.15, 0.2) is 23.1 Å². The van der Waals surface area contributed by atoms with Gasteiger partial charge in [0.15, 0.2) is 0 Å². The molecule has 1 rings (SSSR count). The Labute approximate surface area is 112 Å². The Kier molecular flexibility index (Phi) is 4.47. The Hall–Kier alpha value is -0.290. The Morgan fingerprint density at radius 2 is 1.88 bits per heavy atom. The van der Waals surface area contributed by atoms with E-state index in [0.717, 1.165) is 0 Å². The van der Waals surface area contributed by atoms with E-state index in [2.05, 4.69) is 4.72 Å². The van der Waals surface area contributed by atoms with Crippen molar-refractivity contribution in [2.45, 2.75) is 37.6 Å². The van der Waals surface area contributed by atoms with E-state index in [4.69, 9.17) is 23.2 Å². The largest absolute Gasteiger partial charge is 0.242 e. The first-order valence-electron chi connectivity index (χ1n) is 5.17. The van der Waals surface area contributed by atoms with Crippen LogP contribution in [0.2, 0.25) is 10.0 Å². The van der Waals surface area contributed by atoms with E-state index in [1.165, 1.54) is 12.1 Å². The molecule has 0 aliphatic heterocycles. The summed E-state index contributed by atoms with van der Waals surface area (Å²) in [7, 11) is -3.65. The van der Waals surface area contributed by atoms with Gasteiger partial charge in [0.1, 0.15) is 4.90 Å². The zero-order valence-electron chi connectivity index (χ0n) is 9.92. The second kappa shape index (κ2) is 5.14. The molecule has 0 saturated heterocycles. The van der Waals surface area contributed by atoms with Gasteiger partial charge in [0, 0.05) is 10.6 Å². The van der Waals surface area contributed by atoms with Gasteiger partial charge in [0.25, 0.3) is 0 Å². The maximum atomic E-state index is 12.1. The monoisotopic (exact) mass is 295 g/mol. The van der Waals surface area contributed by atoms with Gasteiger partial charge < -0.3 is 0 Å². The zero-order valence-corrected chi connectivity index (χ0v) is 12.2. The van der Waals surface area contributed by atoms with Crippen LogP contribution in [0.4, 0.5) is 0 Å². The first-order valence-corrected chi connectivity index (χ1v) is 7.41. The predicted octanol–water partition coefficient (Wildman–Crippen LogP) is 3.46. The molecule has 0 aromatic heterocycles. The second-order valence-electron chi connectivity index (χ2n) is 4.42. The highest BCUT2D eigenvalue weighted by Crippen LogP contribution is 2.26. The van der Waals surface area contributed by atoms with Gasteiger partial charge in [0.2, 0.25) is 10.0 Å². The van der Waals surface area contributed by atoms with Crippen molar-refractivity contribution in [3.05, 3.63) is 28.2 Å². The van der Waals surface area contributed by atoms with E-state index >= 15 is 0 Å². The molecule has 6 heteroatoms. The van der Waals surface area contributed by atoms with Crippen molar-refractivity contribution in [3.63, 3.8) is 0 Å². The molecule has 0 fully saturated rings. The molecule has 0 atom stereocenters. The van der Waals surface area contributed by atoms with Crippen LogP contribution in [0, 0.1) is 0 Å². The third kappa shape index (κ3) is 3.85. The average molecular weight is 296 g/mol. The number of hydrogen-bond acceptors (Lipinski definition) is 2. The summed E-state index contributed by atoms with van der Waals surface area (Å²) in [5.41, 5.74) is -0.523. The van der Waals surface area contributed by atoms with Crippen molar-refractivity contribution in [1.82, 2.24) is 4.72 Å². The molecule has 1 N–H and O–H groups in total. The van der Waals surface area contributed by atoms with Gasteiger partial charge in [-0.25, -0.2) is 13.1 Å². The van der Waals surface area contributed by atoms with Crippen molar-refractivity contribution in [2.75, 3.05) is 0 Å². The molecule has 0 saturated carbocycles. The molecule has 0 unspecified atom stereocenters. The van der Waals surface area contributed by atoms with Gasteiger partial charge in [0.05, 0.1) is 5.02 Å². The Morgan fingerprint density at radius 3 is 2.41 bits per heavy atom.